The van der Waals surface area contributed by atoms with Gasteiger partial charge in [-0.2, -0.15) is 0 Å². The second-order valence-electron chi connectivity index (χ2n) is 2.51. The standard InChI is InChI=1S/C6H5Cl.C4H9NO/c7-6-4-2-1-3-5-6;1-2-3-4(5)6/h1-5H;2-3H2,1H3,(H2,5,6). The van der Waals surface area contributed by atoms with Gasteiger partial charge in [0.05, 0.1) is 0 Å². The van der Waals surface area contributed by atoms with Crippen LogP contribution in [0.1, 0.15) is 19.8 Å². The number of benzene rings is 1. The third kappa shape index (κ3) is 8.89. The molecular weight excluding hydrogens is 186 g/mol. The van der Waals surface area contributed by atoms with Crippen molar-refractivity contribution in [3.8, 4) is 0 Å². The van der Waals surface area contributed by atoms with Crippen molar-refractivity contribution in [2.75, 3.05) is 0 Å². The molecule has 13 heavy (non-hydrogen) atoms. The van der Waals surface area contributed by atoms with Crippen molar-refractivity contribution in [1.82, 2.24) is 0 Å². The van der Waals surface area contributed by atoms with Gasteiger partial charge in [-0.25, -0.2) is 0 Å². The lowest BCUT2D eigenvalue weighted by atomic mass is 10.3. The van der Waals surface area contributed by atoms with Crippen molar-refractivity contribution in [1.29, 1.82) is 0 Å². The smallest absolute Gasteiger partial charge is 0.217 e. The summed E-state index contributed by atoms with van der Waals surface area (Å²) in [5, 5.41) is 0.794. The number of amides is 1. The minimum Gasteiger partial charge on any atom is -0.370 e. The average molecular weight is 200 g/mol. The van der Waals surface area contributed by atoms with Crippen LogP contribution in [0, 0.1) is 0 Å². The Morgan fingerprint density at radius 1 is 1.38 bits per heavy atom. The van der Waals surface area contributed by atoms with Gasteiger partial charge in [0.1, 0.15) is 0 Å². The molecule has 2 nitrogen and oxygen atoms in total. The Balaban J connectivity index is 0.000000226. The van der Waals surface area contributed by atoms with E-state index in [9.17, 15) is 4.79 Å². The van der Waals surface area contributed by atoms with Crippen LogP contribution in [0.5, 0.6) is 0 Å². The highest BCUT2D eigenvalue weighted by atomic mass is 35.5. The van der Waals surface area contributed by atoms with Gasteiger partial charge in [-0.15, -0.1) is 0 Å². The van der Waals surface area contributed by atoms with E-state index < -0.39 is 0 Å². The van der Waals surface area contributed by atoms with Gasteiger partial charge in [-0.3, -0.25) is 4.79 Å². The molecule has 0 aliphatic carbocycles. The van der Waals surface area contributed by atoms with Crippen LogP contribution >= 0.6 is 11.6 Å². The zero-order valence-corrected chi connectivity index (χ0v) is 8.42. The summed E-state index contributed by atoms with van der Waals surface area (Å²) in [5.74, 6) is -0.211. The molecule has 0 bridgehead atoms. The highest BCUT2D eigenvalue weighted by Gasteiger charge is 1.84. The maximum atomic E-state index is 9.82. The zero-order chi connectivity index (χ0) is 10.1. The quantitative estimate of drug-likeness (QED) is 0.782. The predicted molar refractivity (Wildman–Crippen MR) is 55.6 cm³/mol. The van der Waals surface area contributed by atoms with E-state index >= 15 is 0 Å². The van der Waals surface area contributed by atoms with Gasteiger partial charge >= 0.3 is 0 Å². The van der Waals surface area contributed by atoms with Crippen LogP contribution in [0.4, 0.5) is 0 Å². The summed E-state index contributed by atoms with van der Waals surface area (Å²) in [6.07, 6.45) is 1.37. The number of primary amides is 1. The summed E-state index contributed by atoms with van der Waals surface area (Å²) in [4.78, 5) is 9.82. The van der Waals surface area contributed by atoms with Gasteiger partial charge in [0.2, 0.25) is 5.91 Å². The summed E-state index contributed by atoms with van der Waals surface area (Å²) in [6, 6.07) is 9.44. The first-order chi connectivity index (χ1) is 6.16. The number of hydrogen-bond donors (Lipinski definition) is 1. The van der Waals surface area contributed by atoms with Crippen molar-refractivity contribution < 1.29 is 4.79 Å². The Morgan fingerprint density at radius 3 is 2.08 bits per heavy atom. The molecule has 0 unspecified atom stereocenters. The molecule has 0 spiro atoms. The van der Waals surface area contributed by atoms with Crippen LogP contribution in [-0.2, 0) is 4.79 Å². The van der Waals surface area contributed by atoms with Crippen molar-refractivity contribution in [3.05, 3.63) is 35.4 Å². The first kappa shape index (κ1) is 12.0. The molecule has 0 aromatic heterocycles. The van der Waals surface area contributed by atoms with Gasteiger partial charge in [0.15, 0.2) is 0 Å². The predicted octanol–water partition coefficient (Wildman–Crippen LogP) is 2.61. The van der Waals surface area contributed by atoms with E-state index in [0.29, 0.717) is 6.42 Å². The molecule has 0 aliphatic rings. The van der Waals surface area contributed by atoms with E-state index in [1.54, 1.807) is 0 Å². The fourth-order valence-corrected chi connectivity index (χ4v) is 0.807. The molecule has 2 N–H and O–H groups in total. The van der Waals surface area contributed by atoms with E-state index in [1.165, 1.54) is 0 Å². The summed E-state index contributed by atoms with van der Waals surface area (Å²) in [5.41, 5.74) is 4.76. The van der Waals surface area contributed by atoms with Gasteiger partial charge in [0, 0.05) is 11.4 Å². The molecule has 0 atom stereocenters. The van der Waals surface area contributed by atoms with Crippen LogP contribution in [0.15, 0.2) is 30.3 Å². The number of carbonyl (C=O) groups is 1. The number of nitrogens with two attached hydrogens (primary N) is 1. The van der Waals surface area contributed by atoms with E-state index in [-0.39, 0.29) is 5.91 Å². The van der Waals surface area contributed by atoms with Crippen LogP contribution in [-0.4, -0.2) is 5.91 Å². The van der Waals surface area contributed by atoms with E-state index in [1.807, 2.05) is 37.3 Å². The minimum absolute atomic E-state index is 0.211. The molecule has 3 heteroatoms. The van der Waals surface area contributed by atoms with Crippen LogP contribution in [0.2, 0.25) is 5.02 Å². The van der Waals surface area contributed by atoms with Crippen LogP contribution in [0.3, 0.4) is 0 Å². The maximum absolute atomic E-state index is 9.82. The van der Waals surface area contributed by atoms with E-state index in [2.05, 4.69) is 0 Å². The van der Waals surface area contributed by atoms with Crippen molar-refractivity contribution >= 4 is 17.5 Å². The Morgan fingerprint density at radius 2 is 1.92 bits per heavy atom. The number of carbonyl (C=O) groups excluding carboxylic acids is 1. The van der Waals surface area contributed by atoms with Crippen molar-refractivity contribution in [2.45, 2.75) is 19.8 Å². The lowest BCUT2D eigenvalue weighted by Crippen LogP contribution is -2.08. The van der Waals surface area contributed by atoms with Crippen molar-refractivity contribution in [2.24, 2.45) is 5.73 Å². The Bertz CT molecular complexity index is 236. The summed E-state index contributed by atoms with van der Waals surface area (Å²) >= 11 is 5.54. The average Bonchev–Trinajstić information content (AvgIpc) is 2.06. The second-order valence-corrected chi connectivity index (χ2v) is 2.95. The highest BCUT2D eigenvalue weighted by Crippen LogP contribution is 2.03. The molecule has 1 aromatic rings. The molecule has 1 rings (SSSR count). The zero-order valence-electron chi connectivity index (χ0n) is 7.66. The third-order valence-corrected chi connectivity index (χ3v) is 1.48. The highest BCUT2D eigenvalue weighted by molar-refractivity contribution is 6.30. The lowest BCUT2D eigenvalue weighted by Gasteiger charge is -1.81. The molecular formula is C10H14ClNO. The third-order valence-electron chi connectivity index (χ3n) is 1.23. The minimum atomic E-state index is -0.211. The molecule has 0 saturated carbocycles. The summed E-state index contributed by atoms with van der Waals surface area (Å²) in [7, 11) is 0. The fraction of sp³-hybridized carbons (Fsp3) is 0.300. The van der Waals surface area contributed by atoms with Crippen LogP contribution < -0.4 is 5.73 Å². The lowest BCUT2D eigenvalue weighted by molar-refractivity contribution is -0.118. The van der Waals surface area contributed by atoms with Crippen molar-refractivity contribution in [3.63, 3.8) is 0 Å². The van der Waals surface area contributed by atoms with E-state index in [0.717, 1.165) is 11.4 Å². The van der Waals surface area contributed by atoms with Gasteiger partial charge in [-0.1, -0.05) is 36.7 Å². The monoisotopic (exact) mass is 199 g/mol. The first-order valence-electron chi connectivity index (χ1n) is 4.15. The van der Waals surface area contributed by atoms with Gasteiger partial charge in [-0.05, 0) is 18.6 Å². The Hall–Kier alpha value is -1.02. The van der Waals surface area contributed by atoms with E-state index in [4.69, 9.17) is 17.3 Å². The summed E-state index contributed by atoms with van der Waals surface area (Å²) < 4.78 is 0. The molecule has 72 valence electrons. The second kappa shape index (κ2) is 7.62. The molecule has 1 aromatic carbocycles. The fourth-order valence-electron chi connectivity index (χ4n) is 0.661. The topological polar surface area (TPSA) is 43.1 Å². The molecule has 1 amide bonds. The molecule has 0 heterocycles. The molecule has 0 radical (unpaired) electrons. The first-order valence-corrected chi connectivity index (χ1v) is 4.53. The Labute approximate surface area is 83.7 Å². The molecule has 0 fully saturated rings. The molecule has 0 saturated heterocycles. The maximum Gasteiger partial charge on any atom is 0.217 e. The SMILES string of the molecule is CCCC(N)=O.Clc1ccccc1. The number of rotatable bonds is 2. The summed E-state index contributed by atoms with van der Waals surface area (Å²) in [6.45, 7) is 1.92. The number of hydrogen-bond acceptors (Lipinski definition) is 1. The normalized spacial score (nSPS) is 8.46. The molecule has 0 aliphatic heterocycles. The van der Waals surface area contributed by atoms with Crippen LogP contribution in [0.25, 0.3) is 0 Å². The largest absolute Gasteiger partial charge is 0.370 e. The van der Waals surface area contributed by atoms with Gasteiger partial charge < -0.3 is 5.73 Å². The van der Waals surface area contributed by atoms with Gasteiger partial charge in [0.25, 0.3) is 0 Å². The Kier molecular flexibility index (Phi) is 7.02. The number of halogens is 1.